The van der Waals surface area contributed by atoms with Gasteiger partial charge in [-0.05, 0) is 35.4 Å². The van der Waals surface area contributed by atoms with Crippen LogP contribution in [0.25, 0.3) is 6.08 Å². The fourth-order valence-corrected chi connectivity index (χ4v) is 2.24. The van der Waals surface area contributed by atoms with Crippen molar-refractivity contribution in [3.63, 3.8) is 0 Å². The van der Waals surface area contributed by atoms with Crippen LogP contribution in [0.4, 0.5) is 5.69 Å². The van der Waals surface area contributed by atoms with Crippen LogP contribution in [0.15, 0.2) is 48.5 Å². The standard InChI is InChI=1S/C16H14BrNO3/c17-10-12-3-1-2-4-13(12)18-16(21)8-6-11-5-7-14(19)15(20)9-11/h1-9,19-20H,10H2,(H,18,21)/b8-6+. The number of phenolic OH excluding ortho intramolecular Hbond substituents is 2. The Hall–Kier alpha value is -2.27. The van der Waals surface area contributed by atoms with E-state index in [4.69, 9.17) is 0 Å². The molecule has 0 aromatic heterocycles. The van der Waals surface area contributed by atoms with Crippen LogP contribution in [-0.4, -0.2) is 16.1 Å². The Morgan fingerprint density at radius 2 is 1.90 bits per heavy atom. The average molecular weight is 348 g/mol. The van der Waals surface area contributed by atoms with E-state index in [1.807, 2.05) is 24.3 Å². The van der Waals surface area contributed by atoms with Crippen LogP contribution in [0.1, 0.15) is 11.1 Å². The van der Waals surface area contributed by atoms with Crippen LogP contribution in [0.3, 0.4) is 0 Å². The number of amides is 1. The Morgan fingerprint density at radius 3 is 2.62 bits per heavy atom. The highest BCUT2D eigenvalue weighted by Crippen LogP contribution is 2.25. The minimum atomic E-state index is -0.268. The van der Waals surface area contributed by atoms with Crippen molar-refractivity contribution < 1.29 is 15.0 Å². The molecule has 0 atom stereocenters. The van der Waals surface area contributed by atoms with Crippen LogP contribution in [0, 0.1) is 0 Å². The Labute approximate surface area is 130 Å². The smallest absolute Gasteiger partial charge is 0.248 e. The quantitative estimate of drug-likeness (QED) is 0.449. The number of phenols is 2. The van der Waals surface area contributed by atoms with Gasteiger partial charge in [0.1, 0.15) is 0 Å². The first kappa shape index (κ1) is 15.1. The fraction of sp³-hybridized carbons (Fsp3) is 0.0625. The summed E-state index contributed by atoms with van der Waals surface area (Å²) >= 11 is 3.37. The van der Waals surface area contributed by atoms with Crippen molar-refractivity contribution in [3.8, 4) is 11.5 Å². The van der Waals surface area contributed by atoms with E-state index in [1.165, 1.54) is 18.2 Å². The normalized spacial score (nSPS) is 10.7. The predicted molar refractivity (Wildman–Crippen MR) is 86.5 cm³/mol. The van der Waals surface area contributed by atoms with Gasteiger partial charge >= 0.3 is 0 Å². The molecule has 2 aromatic carbocycles. The zero-order valence-corrected chi connectivity index (χ0v) is 12.7. The second-order valence-electron chi connectivity index (χ2n) is 4.36. The summed E-state index contributed by atoms with van der Waals surface area (Å²) in [5.41, 5.74) is 2.35. The maximum Gasteiger partial charge on any atom is 0.248 e. The predicted octanol–water partition coefficient (Wildman–Crippen LogP) is 3.64. The summed E-state index contributed by atoms with van der Waals surface area (Å²) in [6.45, 7) is 0. The van der Waals surface area contributed by atoms with E-state index in [0.29, 0.717) is 10.9 Å². The molecule has 0 heterocycles. The van der Waals surface area contributed by atoms with E-state index in [9.17, 15) is 15.0 Å². The number of para-hydroxylation sites is 1. The molecule has 0 bridgehead atoms. The number of carbonyl (C=O) groups excluding carboxylic acids is 1. The molecule has 4 nitrogen and oxygen atoms in total. The molecule has 0 radical (unpaired) electrons. The summed E-state index contributed by atoms with van der Waals surface area (Å²) in [7, 11) is 0. The van der Waals surface area contributed by atoms with Crippen molar-refractivity contribution in [1.82, 2.24) is 0 Å². The number of rotatable bonds is 4. The highest BCUT2D eigenvalue weighted by Gasteiger charge is 2.03. The minimum Gasteiger partial charge on any atom is -0.504 e. The fourth-order valence-electron chi connectivity index (χ4n) is 1.75. The lowest BCUT2D eigenvalue weighted by atomic mass is 10.2. The van der Waals surface area contributed by atoms with Crippen molar-refractivity contribution in [2.24, 2.45) is 0 Å². The number of nitrogens with one attached hydrogen (secondary N) is 1. The summed E-state index contributed by atoms with van der Waals surface area (Å²) < 4.78 is 0. The molecule has 2 rings (SSSR count). The SMILES string of the molecule is O=C(/C=C/c1ccc(O)c(O)c1)Nc1ccccc1CBr. The van der Waals surface area contributed by atoms with E-state index in [2.05, 4.69) is 21.2 Å². The molecule has 3 N–H and O–H groups in total. The topological polar surface area (TPSA) is 69.6 Å². The molecular formula is C16H14BrNO3. The van der Waals surface area contributed by atoms with Crippen LogP contribution in [0.5, 0.6) is 11.5 Å². The van der Waals surface area contributed by atoms with Gasteiger partial charge in [-0.25, -0.2) is 0 Å². The summed E-state index contributed by atoms with van der Waals surface area (Å²) in [6, 6.07) is 11.9. The molecule has 0 spiro atoms. The van der Waals surface area contributed by atoms with Crippen LogP contribution < -0.4 is 5.32 Å². The van der Waals surface area contributed by atoms with Crippen LogP contribution >= 0.6 is 15.9 Å². The lowest BCUT2D eigenvalue weighted by molar-refractivity contribution is -0.111. The van der Waals surface area contributed by atoms with Crippen molar-refractivity contribution in [2.45, 2.75) is 5.33 Å². The second kappa shape index (κ2) is 6.95. The molecule has 0 fully saturated rings. The number of hydrogen-bond donors (Lipinski definition) is 3. The molecule has 0 unspecified atom stereocenters. The second-order valence-corrected chi connectivity index (χ2v) is 4.92. The van der Waals surface area contributed by atoms with Gasteiger partial charge in [-0.15, -0.1) is 0 Å². The summed E-state index contributed by atoms with van der Waals surface area (Å²) in [5.74, 6) is -0.680. The van der Waals surface area contributed by atoms with E-state index in [-0.39, 0.29) is 17.4 Å². The molecule has 1 amide bonds. The molecule has 0 saturated heterocycles. The number of halogens is 1. The molecule has 0 aliphatic rings. The Kier molecular flexibility index (Phi) is 5.00. The maximum atomic E-state index is 11.9. The lowest BCUT2D eigenvalue weighted by Crippen LogP contribution is -2.09. The molecule has 108 valence electrons. The van der Waals surface area contributed by atoms with Gasteiger partial charge in [-0.2, -0.15) is 0 Å². The zero-order valence-electron chi connectivity index (χ0n) is 11.1. The van der Waals surface area contributed by atoms with Crippen LogP contribution in [0.2, 0.25) is 0 Å². The molecule has 0 aliphatic heterocycles. The molecule has 21 heavy (non-hydrogen) atoms. The number of carbonyl (C=O) groups is 1. The zero-order chi connectivity index (χ0) is 15.2. The summed E-state index contributed by atoms with van der Waals surface area (Å²) in [5, 5.41) is 22.0. The first-order valence-corrected chi connectivity index (χ1v) is 7.37. The highest BCUT2D eigenvalue weighted by molar-refractivity contribution is 9.08. The Bertz CT molecular complexity index is 683. The van der Waals surface area contributed by atoms with E-state index in [1.54, 1.807) is 12.1 Å². The van der Waals surface area contributed by atoms with Gasteiger partial charge in [0.05, 0.1) is 0 Å². The molecule has 5 heteroatoms. The lowest BCUT2D eigenvalue weighted by Gasteiger charge is -2.07. The van der Waals surface area contributed by atoms with Crippen molar-refractivity contribution in [2.75, 3.05) is 5.32 Å². The first-order valence-electron chi connectivity index (χ1n) is 6.25. The summed E-state index contributed by atoms with van der Waals surface area (Å²) in [6.07, 6.45) is 2.93. The van der Waals surface area contributed by atoms with Gasteiger partial charge in [0.2, 0.25) is 5.91 Å². The van der Waals surface area contributed by atoms with Crippen molar-refractivity contribution in [1.29, 1.82) is 0 Å². The van der Waals surface area contributed by atoms with Crippen molar-refractivity contribution in [3.05, 3.63) is 59.7 Å². The number of aromatic hydroxyl groups is 2. The largest absolute Gasteiger partial charge is 0.504 e. The van der Waals surface area contributed by atoms with E-state index in [0.717, 1.165) is 11.3 Å². The Balaban J connectivity index is 2.07. The molecule has 0 aliphatic carbocycles. The van der Waals surface area contributed by atoms with E-state index >= 15 is 0 Å². The minimum absolute atomic E-state index is 0.192. The number of benzene rings is 2. The van der Waals surface area contributed by atoms with Crippen LogP contribution in [-0.2, 0) is 10.1 Å². The van der Waals surface area contributed by atoms with Gasteiger partial charge in [0.15, 0.2) is 11.5 Å². The number of anilines is 1. The molecule has 0 saturated carbocycles. The Morgan fingerprint density at radius 1 is 1.14 bits per heavy atom. The monoisotopic (exact) mass is 347 g/mol. The van der Waals surface area contributed by atoms with E-state index < -0.39 is 0 Å². The third-order valence-corrected chi connectivity index (χ3v) is 3.45. The first-order chi connectivity index (χ1) is 10.1. The summed E-state index contributed by atoms with van der Waals surface area (Å²) in [4.78, 5) is 11.9. The number of hydrogen-bond acceptors (Lipinski definition) is 3. The van der Waals surface area contributed by atoms with Gasteiger partial charge < -0.3 is 15.5 Å². The third kappa shape index (κ3) is 4.10. The van der Waals surface area contributed by atoms with Gasteiger partial charge in [0, 0.05) is 17.1 Å². The highest BCUT2D eigenvalue weighted by atomic mass is 79.9. The number of alkyl halides is 1. The van der Waals surface area contributed by atoms with Crippen molar-refractivity contribution >= 4 is 33.6 Å². The van der Waals surface area contributed by atoms with Gasteiger partial charge in [-0.1, -0.05) is 40.2 Å². The molecule has 2 aromatic rings. The molecular weight excluding hydrogens is 334 g/mol. The average Bonchev–Trinajstić information content (AvgIpc) is 2.49. The van der Waals surface area contributed by atoms with Gasteiger partial charge in [-0.3, -0.25) is 4.79 Å². The van der Waals surface area contributed by atoms with Gasteiger partial charge in [0.25, 0.3) is 0 Å². The maximum absolute atomic E-state index is 11.9. The third-order valence-electron chi connectivity index (χ3n) is 2.85.